The van der Waals surface area contributed by atoms with Crippen LogP contribution < -0.4 is 10.6 Å². The molecule has 126 valence electrons. The van der Waals surface area contributed by atoms with E-state index < -0.39 is 23.7 Å². The van der Waals surface area contributed by atoms with Crippen molar-refractivity contribution >= 4 is 29.2 Å². The number of rotatable bonds is 5. The fourth-order valence-corrected chi connectivity index (χ4v) is 2.13. The third-order valence-corrected chi connectivity index (χ3v) is 3.54. The minimum atomic E-state index is -0.764. The van der Waals surface area contributed by atoms with Crippen molar-refractivity contribution in [2.75, 3.05) is 5.32 Å². The largest absolute Gasteiger partial charge is 0.340 e. The van der Waals surface area contributed by atoms with Crippen molar-refractivity contribution in [2.24, 2.45) is 5.92 Å². The first kappa shape index (κ1) is 17.9. The van der Waals surface area contributed by atoms with Crippen molar-refractivity contribution in [1.29, 1.82) is 0 Å². The van der Waals surface area contributed by atoms with Crippen LogP contribution in [-0.2, 0) is 4.79 Å². The average Bonchev–Trinajstić information content (AvgIpc) is 2.54. The summed E-state index contributed by atoms with van der Waals surface area (Å²) in [6.07, 6.45) is 1.42. The molecular formula is C17H17ClFN3O2. The van der Waals surface area contributed by atoms with Crippen LogP contribution in [0.2, 0.25) is 5.02 Å². The van der Waals surface area contributed by atoms with Gasteiger partial charge in [-0.15, -0.1) is 0 Å². The summed E-state index contributed by atoms with van der Waals surface area (Å²) in [4.78, 5) is 28.6. The number of hydrogen-bond donors (Lipinski definition) is 2. The van der Waals surface area contributed by atoms with E-state index in [0.717, 1.165) is 0 Å². The second-order valence-corrected chi connectivity index (χ2v) is 5.99. The van der Waals surface area contributed by atoms with Crippen molar-refractivity contribution < 1.29 is 14.0 Å². The zero-order chi connectivity index (χ0) is 17.7. The summed E-state index contributed by atoms with van der Waals surface area (Å²) in [5.41, 5.74) is 0.277. The second kappa shape index (κ2) is 7.88. The number of nitrogens with zero attached hydrogens (tertiary/aromatic N) is 1. The van der Waals surface area contributed by atoms with Crippen LogP contribution >= 0.6 is 11.6 Å². The molecule has 1 heterocycles. The molecule has 0 spiro atoms. The molecule has 1 aromatic carbocycles. The molecule has 0 bridgehead atoms. The van der Waals surface area contributed by atoms with Gasteiger partial charge in [0.2, 0.25) is 5.91 Å². The maximum Gasteiger partial charge on any atom is 0.251 e. The van der Waals surface area contributed by atoms with Crippen molar-refractivity contribution in [3.05, 3.63) is 59.0 Å². The molecule has 0 saturated heterocycles. The lowest BCUT2D eigenvalue weighted by Gasteiger charge is -2.21. The van der Waals surface area contributed by atoms with Crippen LogP contribution in [0.5, 0.6) is 0 Å². The van der Waals surface area contributed by atoms with Gasteiger partial charge in [-0.2, -0.15) is 0 Å². The Hall–Kier alpha value is -2.47. The van der Waals surface area contributed by atoms with E-state index in [1.165, 1.54) is 30.5 Å². The zero-order valence-corrected chi connectivity index (χ0v) is 14.0. The Morgan fingerprint density at radius 1 is 1.12 bits per heavy atom. The van der Waals surface area contributed by atoms with Gasteiger partial charge in [-0.25, -0.2) is 9.37 Å². The first-order valence-corrected chi connectivity index (χ1v) is 7.73. The molecule has 0 radical (unpaired) electrons. The van der Waals surface area contributed by atoms with Crippen molar-refractivity contribution in [1.82, 2.24) is 10.3 Å². The fraction of sp³-hybridized carbons (Fsp3) is 0.235. The predicted octanol–water partition coefficient (Wildman–Crippen LogP) is 3.27. The van der Waals surface area contributed by atoms with E-state index in [1.807, 2.05) is 13.8 Å². The molecule has 2 N–H and O–H groups in total. The van der Waals surface area contributed by atoms with Crippen LogP contribution in [0.15, 0.2) is 42.6 Å². The third-order valence-electron chi connectivity index (χ3n) is 3.32. The molecule has 1 aromatic heterocycles. The number of benzene rings is 1. The maximum absolute atomic E-state index is 12.9. The highest BCUT2D eigenvalue weighted by molar-refractivity contribution is 6.30. The number of amides is 2. The molecule has 0 aliphatic heterocycles. The molecule has 2 aromatic rings. The van der Waals surface area contributed by atoms with Crippen molar-refractivity contribution in [3.8, 4) is 0 Å². The van der Waals surface area contributed by atoms with E-state index in [4.69, 9.17) is 11.6 Å². The van der Waals surface area contributed by atoms with Crippen LogP contribution in [0, 0.1) is 11.7 Å². The van der Waals surface area contributed by atoms with E-state index in [0.29, 0.717) is 10.8 Å². The highest BCUT2D eigenvalue weighted by Gasteiger charge is 2.25. The van der Waals surface area contributed by atoms with Crippen LogP contribution in [0.3, 0.4) is 0 Å². The van der Waals surface area contributed by atoms with Gasteiger partial charge in [0.15, 0.2) is 0 Å². The number of pyridine rings is 1. The van der Waals surface area contributed by atoms with Crippen molar-refractivity contribution in [2.45, 2.75) is 19.9 Å². The zero-order valence-electron chi connectivity index (χ0n) is 13.2. The Bertz CT molecular complexity index is 718. The number of anilines is 1. The Kier molecular flexibility index (Phi) is 5.87. The topological polar surface area (TPSA) is 71.1 Å². The van der Waals surface area contributed by atoms with E-state index in [1.54, 1.807) is 12.1 Å². The van der Waals surface area contributed by atoms with Gasteiger partial charge < -0.3 is 10.6 Å². The molecule has 2 rings (SSSR count). The maximum atomic E-state index is 12.9. The summed E-state index contributed by atoms with van der Waals surface area (Å²) in [6.45, 7) is 3.62. The summed E-state index contributed by atoms with van der Waals surface area (Å²) in [7, 11) is 0. The second-order valence-electron chi connectivity index (χ2n) is 5.55. The van der Waals surface area contributed by atoms with Gasteiger partial charge in [0.1, 0.15) is 17.7 Å². The molecule has 0 saturated carbocycles. The molecule has 5 nitrogen and oxygen atoms in total. The lowest BCUT2D eigenvalue weighted by atomic mass is 10.0. The van der Waals surface area contributed by atoms with Crippen LogP contribution in [0.4, 0.5) is 10.2 Å². The number of carbonyl (C=O) groups excluding carboxylic acids is 2. The number of carbonyl (C=O) groups is 2. The van der Waals surface area contributed by atoms with E-state index in [2.05, 4.69) is 15.6 Å². The average molecular weight is 350 g/mol. The van der Waals surface area contributed by atoms with Crippen molar-refractivity contribution in [3.63, 3.8) is 0 Å². The molecule has 0 fully saturated rings. The lowest BCUT2D eigenvalue weighted by Crippen LogP contribution is -2.47. The summed E-state index contributed by atoms with van der Waals surface area (Å²) in [6, 6.07) is 7.51. The van der Waals surface area contributed by atoms with Crippen LogP contribution in [-0.4, -0.2) is 22.8 Å². The molecule has 0 aliphatic carbocycles. The summed E-state index contributed by atoms with van der Waals surface area (Å²) in [5.74, 6) is -1.09. The first-order valence-electron chi connectivity index (χ1n) is 7.35. The minimum absolute atomic E-state index is 0.151. The Balaban J connectivity index is 2.07. The Labute approximate surface area is 144 Å². The van der Waals surface area contributed by atoms with E-state index in [-0.39, 0.29) is 11.5 Å². The molecular weight excluding hydrogens is 333 g/mol. The highest BCUT2D eigenvalue weighted by atomic mass is 35.5. The number of hydrogen-bond acceptors (Lipinski definition) is 3. The predicted molar refractivity (Wildman–Crippen MR) is 90.4 cm³/mol. The number of aromatic nitrogens is 1. The van der Waals surface area contributed by atoms with Gasteiger partial charge in [0.25, 0.3) is 5.91 Å². The van der Waals surface area contributed by atoms with Gasteiger partial charge in [0.05, 0.1) is 5.02 Å². The van der Waals surface area contributed by atoms with Gasteiger partial charge in [-0.3, -0.25) is 9.59 Å². The first-order chi connectivity index (χ1) is 11.4. The molecule has 1 atom stereocenters. The van der Waals surface area contributed by atoms with E-state index in [9.17, 15) is 14.0 Å². The van der Waals surface area contributed by atoms with E-state index >= 15 is 0 Å². The van der Waals surface area contributed by atoms with Gasteiger partial charge >= 0.3 is 0 Å². The van der Waals surface area contributed by atoms with Gasteiger partial charge in [-0.1, -0.05) is 25.4 Å². The number of halogens is 2. The van der Waals surface area contributed by atoms with Gasteiger partial charge in [-0.05, 0) is 42.3 Å². The molecule has 0 aliphatic rings. The smallest absolute Gasteiger partial charge is 0.251 e. The van der Waals surface area contributed by atoms with Crippen LogP contribution in [0.1, 0.15) is 24.2 Å². The quantitative estimate of drug-likeness (QED) is 0.870. The molecule has 2 amide bonds. The monoisotopic (exact) mass is 349 g/mol. The molecule has 7 heteroatoms. The standard InChI is InChI=1S/C17H17ClFN3O2/c1-10(2)15(17(24)21-14-8-5-12(18)9-20-14)22-16(23)11-3-6-13(19)7-4-11/h3-10,15H,1-2H3,(H,22,23)(H,20,21,24)/t15-/m0/s1. The SMILES string of the molecule is CC(C)[C@H](NC(=O)c1ccc(F)cc1)C(=O)Nc1ccc(Cl)cn1. The number of nitrogens with one attached hydrogen (secondary N) is 2. The summed E-state index contributed by atoms with van der Waals surface area (Å²) in [5, 5.41) is 5.75. The third kappa shape index (κ3) is 4.76. The normalized spacial score (nSPS) is 11.9. The molecule has 24 heavy (non-hydrogen) atoms. The Morgan fingerprint density at radius 2 is 1.79 bits per heavy atom. The Morgan fingerprint density at radius 3 is 2.33 bits per heavy atom. The summed E-state index contributed by atoms with van der Waals surface area (Å²) < 4.78 is 12.9. The molecule has 0 unspecified atom stereocenters. The highest BCUT2D eigenvalue weighted by Crippen LogP contribution is 2.12. The minimum Gasteiger partial charge on any atom is -0.340 e. The lowest BCUT2D eigenvalue weighted by molar-refractivity contribution is -0.118. The summed E-state index contributed by atoms with van der Waals surface area (Å²) >= 11 is 5.75. The fourth-order valence-electron chi connectivity index (χ4n) is 2.01. The van der Waals surface area contributed by atoms with Gasteiger partial charge in [0, 0.05) is 11.8 Å². The van der Waals surface area contributed by atoms with Crippen LogP contribution in [0.25, 0.3) is 0 Å².